The van der Waals surface area contributed by atoms with Crippen LogP contribution in [-0.4, -0.2) is 59.0 Å². The molecule has 0 aliphatic carbocycles. The fourth-order valence-corrected chi connectivity index (χ4v) is 6.26. The van der Waals surface area contributed by atoms with Crippen molar-refractivity contribution in [1.29, 1.82) is 0 Å². The molecule has 0 aliphatic heterocycles. The van der Waals surface area contributed by atoms with Crippen molar-refractivity contribution < 1.29 is 33.5 Å². The highest BCUT2D eigenvalue weighted by atomic mass is 31.2. The molecular formula is C39H75N2O7P. The minimum absolute atomic E-state index is 0.0424. The summed E-state index contributed by atoms with van der Waals surface area (Å²) < 4.78 is 22.0. The number of allylic oxidation sites excluding steroid dienone is 5. The third-order valence-electron chi connectivity index (χ3n) is 8.50. The highest BCUT2D eigenvalue weighted by Gasteiger charge is 2.27. The number of aliphatic hydroxyl groups excluding tert-OH is 2. The van der Waals surface area contributed by atoms with Gasteiger partial charge in [0.2, 0.25) is 5.91 Å². The minimum atomic E-state index is -4.40. The van der Waals surface area contributed by atoms with E-state index in [4.69, 9.17) is 14.8 Å². The van der Waals surface area contributed by atoms with Crippen molar-refractivity contribution in [3.8, 4) is 0 Å². The van der Waals surface area contributed by atoms with Crippen molar-refractivity contribution in [1.82, 2.24) is 5.32 Å². The van der Waals surface area contributed by atoms with Gasteiger partial charge in [0, 0.05) is 6.54 Å². The second-order valence-corrected chi connectivity index (χ2v) is 14.8. The first-order valence-corrected chi connectivity index (χ1v) is 21.2. The maximum absolute atomic E-state index is 12.7. The number of nitrogens with two attached hydrogens (primary N) is 1. The van der Waals surface area contributed by atoms with Gasteiger partial charge < -0.3 is 26.2 Å². The number of hydrogen-bond acceptors (Lipinski definition) is 7. The molecule has 10 heteroatoms. The minimum Gasteiger partial charge on any atom is -0.393 e. The Bertz CT molecular complexity index is 883. The lowest BCUT2D eigenvalue weighted by Crippen LogP contribution is -2.46. The summed E-state index contributed by atoms with van der Waals surface area (Å²) in [6, 6.07) is -1.00. The van der Waals surface area contributed by atoms with E-state index in [0.29, 0.717) is 12.8 Å². The van der Waals surface area contributed by atoms with Crippen LogP contribution in [-0.2, 0) is 18.4 Å². The molecule has 0 rings (SSSR count). The summed E-state index contributed by atoms with van der Waals surface area (Å²) in [4.78, 5) is 22.6. The molecule has 0 saturated carbocycles. The summed E-state index contributed by atoms with van der Waals surface area (Å²) in [5, 5.41) is 23.9. The Hall–Kier alpha value is -1.32. The van der Waals surface area contributed by atoms with E-state index in [9.17, 15) is 24.5 Å². The molecule has 0 heterocycles. The predicted molar refractivity (Wildman–Crippen MR) is 204 cm³/mol. The number of carbonyl (C=O) groups is 1. The smallest absolute Gasteiger partial charge is 0.393 e. The fraction of sp³-hybridized carbons (Fsp3) is 0.821. The monoisotopic (exact) mass is 715 g/mol. The molecule has 0 aromatic heterocycles. The van der Waals surface area contributed by atoms with Gasteiger partial charge in [-0.05, 0) is 44.9 Å². The second kappa shape index (κ2) is 35.1. The molecular weight excluding hydrogens is 639 g/mol. The van der Waals surface area contributed by atoms with E-state index in [2.05, 4.69) is 43.5 Å². The van der Waals surface area contributed by atoms with Gasteiger partial charge in [0.15, 0.2) is 0 Å². The van der Waals surface area contributed by atoms with Crippen molar-refractivity contribution in [3.63, 3.8) is 0 Å². The lowest BCUT2D eigenvalue weighted by Gasteiger charge is -2.24. The topological polar surface area (TPSA) is 151 Å². The van der Waals surface area contributed by atoms with Crippen molar-refractivity contribution >= 4 is 13.7 Å². The fourth-order valence-electron chi connectivity index (χ4n) is 5.50. The van der Waals surface area contributed by atoms with E-state index < -0.39 is 38.6 Å². The molecule has 6 N–H and O–H groups in total. The quantitative estimate of drug-likeness (QED) is 0.0245. The van der Waals surface area contributed by atoms with E-state index >= 15 is 0 Å². The number of amides is 1. The molecule has 0 saturated heterocycles. The van der Waals surface area contributed by atoms with Crippen LogP contribution in [0.3, 0.4) is 0 Å². The van der Waals surface area contributed by atoms with Gasteiger partial charge in [-0.15, -0.1) is 0 Å². The van der Waals surface area contributed by atoms with E-state index in [1.165, 1.54) is 89.9 Å². The molecule has 0 spiro atoms. The van der Waals surface area contributed by atoms with Crippen molar-refractivity contribution in [3.05, 3.63) is 36.5 Å². The number of carbonyl (C=O) groups excluding carboxylic acids is 1. The predicted octanol–water partition coefficient (Wildman–Crippen LogP) is 9.36. The number of phosphoric ester groups is 1. The van der Waals surface area contributed by atoms with Crippen LogP contribution in [0, 0.1) is 0 Å². The zero-order valence-corrected chi connectivity index (χ0v) is 32.2. The van der Waals surface area contributed by atoms with Crippen LogP contribution in [0.15, 0.2) is 36.5 Å². The molecule has 49 heavy (non-hydrogen) atoms. The van der Waals surface area contributed by atoms with Crippen molar-refractivity contribution in [2.45, 2.75) is 186 Å². The molecule has 0 aliphatic rings. The molecule has 0 bridgehead atoms. The highest BCUT2D eigenvalue weighted by molar-refractivity contribution is 7.47. The largest absolute Gasteiger partial charge is 0.472 e. The van der Waals surface area contributed by atoms with Gasteiger partial charge in [-0.25, -0.2) is 4.57 Å². The summed E-state index contributed by atoms with van der Waals surface area (Å²) in [5.41, 5.74) is 5.34. The lowest BCUT2D eigenvalue weighted by atomic mass is 10.0. The van der Waals surface area contributed by atoms with Crippen LogP contribution >= 0.6 is 7.82 Å². The summed E-state index contributed by atoms with van der Waals surface area (Å²) in [6.45, 7) is 3.90. The third kappa shape index (κ3) is 33.6. The van der Waals surface area contributed by atoms with Gasteiger partial charge >= 0.3 is 7.82 Å². The molecule has 0 radical (unpaired) electrons. The maximum atomic E-state index is 12.7. The highest BCUT2D eigenvalue weighted by Crippen LogP contribution is 2.43. The van der Waals surface area contributed by atoms with E-state index in [1.54, 1.807) is 6.08 Å². The first kappa shape index (κ1) is 47.7. The van der Waals surface area contributed by atoms with E-state index in [0.717, 1.165) is 44.9 Å². The number of hydrogen-bond donors (Lipinski definition) is 5. The van der Waals surface area contributed by atoms with E-state index in [-0.39, 0.29) is 19.6 Å². The van der Waals surface area contributed by atoms with Crippen LogP contribution in [0.5, 0.6) is 0 Å². The van der Waals surface area contributed by atoms with Gasteiger partial charge in [0.25, 0.3) is 0 Å². The van der Waals surface area contributed by atoms with Gasteiger partial charge in [-0.1, -0.05) is 153 Å². The Balaban J connectivity index is 4.48. The maximum Gasteiger partial charge on any atom is 0.472 e. The Kier molecular flexibility index (Phi) is 34.2. The number of unbranched alkanes of at least 4 members (excludes halogenated alkanes) is 18. The molecule has 4 atom stereocenters. The molecule has 0 aromatic rings. The summed E-state index contributed by atoms with van der Waals surface area (Å²) in [7, 11) is -4.40. The van der Waals surface area contributed by atoms with E-state index in [1.807, 2.05) is 6.08 Å². The van der Waals surface area contributed by atoms with Crippen LogP contribution < -0.4 is 11.1 Å². The standard InChI is InChI=1S/C39H75N2O7P/c1-3-5-7-9-11-13-14-15-16-17-18-19-20-21-23-25-27-29-31-38(43)37(35-48-49(45,46)47-33-32-40)41-39(44)34-36(42)30-28-26-24-22-12-10-8-6-4-2/h17-18,21,23,29,31,36-38,42-43H,3-16,19-20,22,24-28,30,32-35,40H2,1-2H3,(H,41,44)(H,45,46)/b18-17+,23-21+,31-29+. The normalized spacial score (nSPS) is 15.3. The summed E-state index contributed by atoms with van der Waals surface area (Å²) >= 11 is 0. The zero-order chi connectivity index (χ0) is 36.3. The van der Waals surface area contributed by atoms with Crippen LogP contribution in [0.2, 0.25) is 0 Å². The van der Waals surface area contributed by atoms with Crippen LogP contribution in [0.1, 0.15) is 168 Å². The first-order chi connectivity index (χ1) is 23.8. The average molecular weight is 715 g/mol. The first-order valence-electron chi connectivity index (χ1n) is 19.7. The molecule has 4 unspecified atom stereocenters. The van der Waals surface area contributed by atoms with Gasteiger partial charge in [-0.2, -0.15) is 0 Å². The van der Waals surface area contributed by atoms with Gasteiger partial charge in [0.05, 0.1) is 37.9 Å². The number of rotatable bonds is 36. The summed E-state index contributed by atoms with van der Waals surface area (Å²) in [5.74, 6) is -0.463. The Morgan fingerprint density at radius 1 is 0.694 bits per heavy atom. The number of phosphoric acid groups is 1. The molecule has 1 amide bonds. The molecule has 288 valence electrons. The second-order valence-electron chi connectivity index (χ2n) is 13.3. The number of aliphatic hydroxyl groups is 2. The molecule has 0 fully saturated rings. The molecule has 0 aromatic carbocycles. The van der Waals surface area contributed by atoms with Crippen LogP contribution in [0.4, 0.5) is 0 Å². The third-order valence-corrected chi connectivity index (χ3v) is 9.49. The van der Waals surface area contributed by atoms with Crippen LogP contribution in [0.25, 0.3) is 0 Å². The number of nitrogens with one attached hydrogen (secondary N) is 1. The van der Waals surface area contributed by atoms with Gasteiger partial charge in [-0.3, -0.25) is 13.8 Å². The zero-order valence-electron chi connectivity index (χ0n) is 31.3. The SMILES string of the molecule is CCCCCCCCCC/C=C/CC/C=C/CC/C=C/C(O)C(COP(=O)(O)OCCN)NC(=O)CC(O)CCCCCCCCCCC. The molecule has 9 nitrogen and oxygen atoms in total. The Labute approximate surface area is 300 Å². The Morgan fingerprint density at radius 3 is 1.69 bits per heavy atom. The van der Waals surface area contributed by atoms with Crippen molar-refractivity contribution in [2.75, 3.05) is 19.8 Å². The summed E-state index contributed by atoms with van der Waals surface area (Å²) in [6.07, 6.45) is 36.7. The Morgan fingerprint density at radius 2 is 1.16 bits per heavy atom. The average Bonchev–Trinajstić information content (AvgIpc) is 3.07. The van der Waals surface area contributed by atoms with Crippen molar-refractivity contribution in [2.24, 2.45) is 5.73 Å². The van der Waals surface area contributed by atoms with Gasteiger partial charge in [0.1, 0.15) is 0 Å². The lowest BCUT2D eigenvalue weighted by molar-refractivity contribution is -0.124.